The van der Waals surface area contributed by atoms with Crippen molar-refractivity contribution < 1.29 is 23.5 Å². The van der Waals surface area contributed by atoms with E-state index in [-0.39, 0.29) is 18.1 Å². The molecule has 114 valence electrons. The summed E-state index contributed by atoms with van der Waals surface area (Å²) < 4.78 is 15.4. The number of methoxy groups -OCH3 is 1. The van der Waals surface area contributed by atoms with Gasteiger partial charge in [-0.25, -0.2) is 9.78 Å². The van der Waals surface area contributed by atoms with Crippen LogP contribution in [0.15, 0.2) is 34.9 Å². The molecule has 0 saturated heterocycles. The molecule has 2 heterocycles. The fourth-order valence-corrected chi connectivity index (χ4v) is 2.28. The van der Waals surface area contributed by atoms with Crippen molar-refractivity contribution in [2.45, 2.75) is 13.0 Å². The molecule has 1 atom stereocenters. The summed E-state index contributed by atoms with van der Waals surface area (Å²) in [5.74, 6) is -0.0581. The Morgan fingerprint density at radius 1 is 1.36 bits per heavy atom. The molecule has 7 heteroatoms. The highest BCUT2D eigenvalue weighted by Gasteiger charge is 2.35. The lowest BCUT2D eigenvalue weighted by atomic mass is 10.1. The number of fused-ring (bicyclic) bond motifs is 1. The van der Waals surface area contributed by atoms with E-state index in [2.05, 4.69) is 4.98 Å². The van der Waals surface area contributed by atoms with Crippen LogP contribution in [0.5, 0.6) is 5.75 Å². The molecule has 0 aliphatic carbocycles. The molecule has 1 aromatic carbocycles. The molecule has 2 aromatic rings. The van der Waals surface area contributed by atoms with Crippen molar-refractivity contribution in [3.63, 3.8) is 0 Å². The van der Waals surface area contributed by atoms with Gasteiger partial charge in [-0.05, 0) is 12.1 Å². The zero-order valence-electron chi connectivity index (χ0n) is 12.1. The third kappa shape index (κ3) is 2.41. The minimum atomic E-state index is -0.878. The molecule has 3 rings (SSSR count). The van der Waals surface area contributed by atoms with Crippen LogP contribution < -0.4 is 9.64 Å². The highest BCUT2D eigenvalue weighted by Crippen LogP contribution is 2.34. The predicted octanol–water partition coefficient (Wildman–Crippen LogP) is 1.56. The van der Waals surface area contributed by atoms with E-state index < -0.39 is 12.1 Å². The second-order valence-corrected chi connectivity index (χ2v) is 4.76. The van der Waals surface area contributed by atoms with Crippen molar-refractivity contribution in [1.29, 1.82) is 0 Å². The van der Waals surface area contributed by atoms with Crippen LogP contribution in [0, 0.1) is 6.92 Å². The maximum absolute atomic E-state index is 12.6. The Bertz CT molecular complexity index is 724. The van der Waals surface area contributed by atoms with Gasteiger partial charge in [-0.1, -0.05) is 12.1 Å². The SMILES string of the molecule is COC(=O)[C@@H]1CN(C(=O)c2coc(C)n2)c2ccccc2O1. The quantitative estimate of drug-likeness (QED) is 0.783. The second-order valence-electron chi connectivity index (χ2n) is 4.76. The third-order valence-electron chi connectivity index (χ3n) is 3.32. The molecule has 22 heavy (non-hydrogen) atoms. The standard InChI is InChI=1S/C15H14N2O5/c1-9-16-10(8-21-9)14(18)17-7-13(15(19)20-2)22-12-6-4-3-5-11(12)17/h3-6,8,13H,7H2,1-2H3/t13-/m0/s1. The Hall–Kier alpha value is -2.83. The summed E-state index contributed by atoms with van der Waals surface area (Å²) >= 11 is 0. The number of rotatable bonds is 2. The summed E-state index contributed by atoms with van der Waals surface area (Å²) in [6.45, 7) is 1.70. The molecule has 0 N–H and O–H groups in total. The Morgan fingerprint density at radius 2 is 2.14 bits per heavy atom. The van der Waals surface area contributed by atoms with Gasteiger partial charge in [0.15, 0.2) is 11.6 Å². The van der Waals surface area contributed by atoms with Crippen molar-refractivity contribution >= 4 is 17.6 Å². The first kappa shape index (κ1) is 14.1. The van der Waals surface area contributed by atoms with Crippen molar-refractivity contribution in [3.05, 3.63) is 42.1 Å². The lowest BCUT2D eigenvalue weighted by molar-refractivity contribution is -0.148. The number of nitrogens with zero attached hydrogens (tertiary/aromatic N) is 2. The monoisotopic (exact) mass is 302 g/mol. The van der Waals surface area contributed by atoms with E-state index in [1.807, 2.05) is 0 Å². The number of carbonyl (C=O) groups excluding carboxylic acids is 2. The average Bonchev–Trinajstić information content (AvgIpc) is 2.98. The van der Waals surface area contributed by atoms with Crippen LogP contribution in [0.1, 0.15) is 16.4 Å². The Labute approximate surface area is 126 Å². The van der Waals surface area contributed by atoms with Gasteiger partial charge in [0.25, 0.3) is 5.91 Å². The van der Waals surface area contributed by atoms with Gasteiger partial charge in [0.05, 0.1) is 19.3 Å². The minimum Gasteiger partial charge on any atom is -0.475 e. The first-order valence-corrected chi connectivity index (χ1v) is 6.67. The maximum atomic E-state index is 12.6. The number of oxazole rings is 1. The molecule has 0 fully saturated rings. The summed E-state index contributed by atoms with van der Waals surface area (Å²) in [6, 6.07) is 6.99. The van der Waals surface area contributed by atoms with Crippen molar-refractivity contribution in [2.75, 3.05) is 18.6 Å². The van der Waals surface area contributed by atoms with Crippen LogP contribution >= 0.6 is 0 Å². The van der Waals surface area contributed by atoms with Gasteiger partial charge in [-0.3, -0.25) is 9.69 Å². The van der Waals surface area contributed by atoms with Crippen molar-refractivity contribution in [2.24, 2.45) is 0 Å². The van der Waals surface area contributed by atoms with E-state index in [9.17, 15) is 9.59 Å². The van der Waals surface area contributed by atoms with Gasteiger partial charge in [0.2, 0.25) is 6.10 Å². The number of aromatic nitrogens is 1. The number of esters is 1. The molecular formula is C15H14N2O5. The van der Waals surface area contributed by atoms with E-state index >= 15 is 0 Å². The predicted molar refractivity (Wildman–Crippen MR) is 75.8 cm³/mol. The normalized spacial score (nSPS) is 16.6. The van der Waals surface area contributed by atoms with E-state index in [0.29, 0.717) is 17.3 Å². The molecule has 0 spiro atoms. The fraction of sp³-hybridized carbons (Fsp3) is 0.267. The highest BCUT2D eigenvalue weighted by atomic mass is 16.6. The molecule has 1 amide bonds. The maximum Gasteiger partial charge on any atom is 0.348 e. The first-order valence-electron chi connectivity index (χ1n) is 6.67. The number of anilines is 1. The van der Waals surface area contributed by atoms with Gasteiger partial charge in [-0.15, -0.1) is 0 Å². The summed E-state index contributed by atoms with van der Waals surface area (Å²) in [6.07, 6.45) is 0.417. The lowest BCUT2D eigenvalue weighted by Crippen LogP contribution is -2.47. The number of para-hydroxylation sites is 2. The number of benzene rings is 1. The van der Waals surface area contributed by atoms with Gasteiger partial charge in [-0.2, -0.15) is 0 Å². The van der Waals surface area contributed by atoms with Gasteiger partial charge in [0.1, 0.15) is 12.0 Å². The summed E-state index contributed by atoms with van der Waals surface area (Å²) in [7, 11) is 1.28. The van der Waals surface area contributed by atoms with Gasteiger partial charge < -0.3 is 13.9 Å². The van der Waals surface area contributed by atoms with Crippen LogP contribution in [0.4, 0.5) is 5.69 Å². The molecule has 1 aliphatic heterocycles. The van der Waals surface area contributed by atoms with E-state index in [1.165, 1.54) is 18.3 Å². The Morgan fingerprint density at radius 3 is 2.82 bits per heavy atom. The zero-order chi connectivity index (χ0) is 15.7. The minimum absolute atomic E-state index is 0.0500. The molecule has 7 nitrogen and oxygen atoms in total. The largest absolute Gasteiger partial charge is 0.475 e. The first-order chi connectivity index (χ1) is 10.6. The summed E-state index contributed by atoms with van der Waals surface area (Å²) in [5, 5.41) is 0. The van der Waals surface area contributed by atoms with E-state index in [4.69, 9.17) is 13.9 Å². The lowest BCUT2D eigenvalue weighted by Gasteiger charge is -2.33. The van der Waals surface area contributed by atoms with Gasteiger partial charge >= 0.3 is 5.97 Å². The number of amides is 1. The second kappa shape index (κ2) is 5.51. The number of aryl methyl sites for hydroxylation is 1. The topological polar surface area (TPSA) is 81.9 Å². The van der Waals surface area contributed by atoms with E-state index in [1.54, 1.807) is 31.2 Å². The molecule has 0 unspecified atom stereocenters. The average molecular weight is 302 g/mol. The third-order valence-corrected chi connectivity index (χ3v) is 3.32. The molecule has 0 saturated carbocycles. The number of carbonyl (C=O) groups is 2. The summed E-state index contributed by atoms with van der Waals surface area (Å²) in [5.41, 5.74) is 0.756. The van der Waals surface area contributed by atoms with Crippen molar-refractivity contribution in [3.8, 4) is 5.75 Å². The summed E-state index contributed by atoms with van der Waals surface area (Å²) in [4.78, 5) is 29.9. The molecule has 1 aromatic heterocycles. The number of hydrogen-bond donors (Lipinski definition) is 0. The van der Waals surface area contributed by atoms with E-state index in [0.717, 1.165) is 0 Å². The Balaban J connectivity index is 1.98. The van der Waals surface area contributed by atoms with Crippen LogP contribution in [-0.2, 0) is 9.53 Å². The molecule has 1 aliphatic rings. The smallest absolute Gasteiger partial charge is 0.348 e. The molecular weight excluding hydrogens is 288 g/mol. The van der Waals surface area contributed by atoms with Crippen LogP contribution in [0.2, 0.25) is 0 Å². The van der Waals surface area contributed by atoms with Crippen LogP contribution in [-0.4, -0.2) is 36.6 Å². The number of ether oxygens (including phenoxy) is 2. The highest BCUT2D eigenvalue weighted by molar-refractivity contribution is 6.06. The van der Waals surface area contributed by atoms with Crippen LogP contribution in [0.3, 0.4) is 0 Å². The Kier molecular flexibility index (Phi) is 3.54. The van der Waals surface area contributed by atoms with Crippen LogP contribution in [0.25, 0.3) is 0 Å². The fourth-order valence-electron chi connectivity index (χ4n) is 2.28. The number of hydrogen-bond acceptors (Lipinski definition) is 6. The zero-order valence-corrected chi connectivity index (χ0v) is 12.1. The molecule has 0 bridgehead atoms. The van der Waals surface area contributed by atoms with Crippen molar-refractivity contribution in [1.82, 2.24) is 4.98 Å². The van der Waals surface area contributed by atoms with Gasteiger partial charge in [0, 0.05) is 6.92 Å². The molecule has 0 radical (unpaired) electrons.